The molecule has 1 aromatic heterocycles. The smallest absolute Gasteiger partial charge is 0.309 e. The molecule has 0 spiro atoms. The molecule has 7 nitrogen and oxygen atoms in total. The first-order valence-corrected chi connectivity index (χ1v) is 11.3. The Morgan fingerprint density at radius 1 is 1.03 bits per heavy atom. The van der Waals surface area contributed by atoms with Crippen LogP contribution < -0.4 is 15.8 Å². The van der Waals surface area contributed by atoms with Crippen LogP contribution in [0.3, 0.4) is 0 Å². The molecule has 0 fully saturated rings. The molecular formula is C25H23BrN4O3. The molecule has 3 aromatic carbocycles. The first-order valence-electron chi connectivity index (χ1n) is 10.5. The van der Waals surface area contributed by atoms with Crippen LogP contribution in [0, 0.1) is 0 Å². The number of benzene rings is 3. The maximum absolute atomic E-state index is 11.4. The Morgan fingerprint density at radius 3 is 2.58 bits per heavy atom. The van der Waals surface area contributed by atoms with E-state index in [1.807, 2.05) is 66.7 Å². The number of carbonyl (C=O) groups excluding carboxylic acids is 1. The van der Waals surface area contributed by atoms with Crippen molar-refractivity contribution >= 4 is 50.3 Å². The fourth-order valence-electron chi connectivity index (χ4n) is 3.35. The van der Waals surface area contributed by atoms with Crippen LogP contribution in [0.1, 0.15) is 13.3 Å². The average molecular weight is 507 g/mol. The summed E-state index contributed by atoms with van der Waals surface area (Å²) in [5.74, 6) is 1.27. The first kappa shape index (κ1) is 22.5. The predicted molar refractivity (Wildman–Crippen MR) is 134 cm³/mol. The van der Waals surface area contributed by atoms with E-state index in [0.29, 0.717) is 18.2 Å². The topological polar surface area (TPSA) is 99.4 Å². The van der Waals surface area contributed by atoms with Crippen LogP contribution >= 0.6 is 15.9 Å². The zero-order chi connectivity index (χ0) is 23.2. The van der Waals surface area contributed by atoms with E-state index in [-0.39, 0.29) is 24.9 Å². The highest BCUT2D eigenvalue weighted by molar-refractivity contribution is 9.10. The number of nitrogens with two attached hydrogens (primary N) is 1. The van der Waals surface area contributed by atoms with Gasteiger partial charge in [-0.2, -0.15) is 4.98 Å². The highest BCUT2D eigenvalue weighted by Crippen LogP contribution is 2.31. The summed E-state index contributed by atoms with van der Waals surface area (Å²) in [5.41, 5.74) is 9.59. The minimum Gasteiger partial charge on any atom is -0.493 e. The van der Waals surface area contributed by atoms with Gasteiger partial charge in [-0.05, 0) is 60.5 Å². The molecule has 3 N–H and O–H groups in total. The van der Waals surface area contributed by atoms with E-state index in [9.17, 15) is 4.79 Å². The number of anilines is 3. The Bertz CT molecular complexity index is 1280. The van der Waals surface area contributed by atoms with Gasteiger partial charge in [0.2, 0.25) is 5.95 Å². The molecule has 168 valence electrons. The summed E-state index contributed by atoms with van der Waals surface area (Å²) in [6.45, 7) is 2.43. The highest BCUT2D eigenvalue weighted by atomic mass is 79.9. The quantitative estimate of drug-likeness (QED) is 0.295. The van der Waals surface area contributed by atoms with Gasteiger partial charge >= 0.3 is 5.97 Å². The number of halogens is 1. The van der Waals surface area contributed by atoms with E-state index in [2.05, 4.69) is 31.2 Å². The molecule has 0 saturated heterocycles. The fourth-order valence-corrected chi connectivity index (χ4v) is 3.75. The van der Waals surface area contributed by atoms with E-state index >= 15 is 0 Å². The number of hydrogen-bond acceptors (Lipinski definition) is 7. The number of nitrogens with one attached hydrogen (secondary N) is 1. The van der Waals surface area contributed by atoms with Gasteiger partial charge in [0.25, 0.3) is 0 Å². The van der Waals surface area contributed by atoms with E-state index in [4.69, 9.17) is 15.2 Å². The number of rotatable bonds is 8. The molecule has 4 rings (SSSR count). The third-order valence-corrected chi connectivity index (χ3v) is 5.36. The molecule has 8 heteroatoms. The lowest BCUT2D eigenvalue weighted by atomic mass is 10.0. The molecule has 0 aliphatic heterocycles. The predicted octanol–water partition coefficient (Wildman–Crippen LogP) is 5.72. The van der Waals surface area contributed by atoms with Crippen LogP contribution in [0.5, 0.6) is 5.75 Å². The van der Waals surface area contributed by atoms with Crippen LogP contribution in [0.25, 0.3) is 22.0 Å². The molecule has 0 saturated carbocycles. The maximum Gasteiger partial charge on any atom is 0.309 e. The van der Waals surface area contributed by atoms with E-state index in [0.717, 1.165) is 32.2 Å². The Hall–Kier alpha value is -3.65. The van der Waals surface area contributed by atoms with Gasteiger partial charge in [0.1, 0.15) is 11.6 Å². The van der Waals surface area contributed by atoms with Crippen LogP contribution in [-0.2, 0) is 9.53 Å². The number of esters is 1. The molecule has 0 aliphatic rings. The Morgan fingerprint density at radius 2 is 1.82 bits per heavy atom. The Balaban J connectivity index is 1.56. The molecule has 0 atom stereocenters. The second kappa shape index (κ2) is 10.3. The molecule has 0 bridgehead atoms. The molecule has 4 aromatic rings. The molecule has 33 heavy (non-hydrogen) atoms. The van der Waals surface area contributed by atoms with Crippen LogP contribution in [0.2, 0.25) is 0 Å². The van der Waals surface area contributed by atoms with Gasteiger partial charge in [0.05, 0.1) is 25.2 Å². The standard InChI is InChI=1S/C25H23BrN4O3/c1-2-32-23(31)12-13-33-20-9-6-16(7-10-20)17-8-11-22-21(14-17)24(30-25(27)29-22)28-19-5-3-4-18(26)15-19/h3-11,14-15H,2,12-13H2,1H3,(H3,27,28,29,30). The van der Waals surface area contributed by atoms with Crippen LogP contribution in [0.4, 0.5) is 17.5 Å². The zero-order valence-corrected chi connectivity index (χ0v) is 19.6. The second-order valence-electron chi connectivity index (χ2n) is 7.23. The third-order valence-electron chi connectivity index (χ3n) is 4.87. The first-order chi connectivity index (χ1) is 16.0. The molecule has 0 aliphatic carbocycles. The zero-order valence-electron chi connectivity index (χ0n) is 18.0. The third kappa shape index (κ3) is 5.78. The fraction of sp³-hybridized carbons (Fsp3) is 0.160. The number of ether oxygens (including phenoxy) is 2. The summed E-state index contributed by atoms with van der Waals surface area (Å²) in [6, 6.07) is 21.5. The molecule has 0 radical (unpaired) electrons. The van der Waals surface area contributed by atoms with Gasteiger partial charge in [-0.15, -0.1) is 0 Å². The maximum atomic E-state index is 11.4. The Labute approximate surface area is 200 Å². The van der Waals surface area contributed by atoms with Crippen LogP contribution in [0.15, 0.2) is 71.2 Å². The van der Waals surface area contributed by atoms with Crippen molar-refractivity contribution in [3.63, 3.8) is 0 Å². The number of hydrogen-bond donors (Lipinski definition) is 2. The monoisotopic (exact) mass is 506 g/mol. The summed E-state index contributed by atoms with van der Waals surface area (Å²) in [4.78, 5) is 20.2. The summed E-state index contributed by atoms with van der Waals surface area (Å²) in [5, 5.41) is 4.20. The lowest BCUT2D eigenvalue weighted by Crippen LogP contribution is -2.09. The van der Waals surface area contributed by atoms with E-state index < -0.39 is 0 Å². The van der Waals surface area contributed by atoms with Gasteiger partial charge in [0.15, 0.2) is 0 Å². The van der Waals surface area contributed by atoms with Crippen molar-refractivity contribution in [2.24, 2.45) is 0 Å². The summed E-state index contributed by atoms with van der Waals surface area (Å²) < 4.78 is 11.5. The van der Waals surface area contributed by atoms with E-state index in [1.54, 1.807) is 6.92 Å². The summed E-state index contributed by atoms with van der Waals surface area (Å²) in [7, 11) is 0. The average Bonchev–Trinajstić information content (AvgIpc) is 2.79. The summed E-state index contributed by atoms with van der Waals surface area (Å²) >= 11 is 3.49. The van der Waals surface area contributed by atoms with Crippen molar-refractivity contribution in [2.45, 2.75) is 13.3 Å². The van der Waals surface area contributed by atoms with Gasteiger partial charge in [-0.1, -0.05) is 40.2 Å². The number of fused-ring (bicyclic) bond motifs is 1. The van der Waals surface area contributed by atoms with E-state index in [1.165, 1.54) is 0 Å². The largest absolute Gasteiger partial charge is 0.493 e. The number of aromatic nitrogens is 2. The van der Waals surface area contributed by atoms with Gasteiger partial charge in [-0.25, -0.2) is 4.98 Å². The van der Waals surface area contributed by atoms with Gasteiger partial charge < -0.3 is 20.5 Å². The summed E-state index contributed by atoms with van der Waals surface area (Å²) in [6.07, 6.45) is 0.219. The molecular weight excluding hydrogens is 484 g/mol. The molecule has 0 amide bonds. The highest BCUT2D eigenvalue weighted by Gasteiger charge is 2.10. The lowest BCUT2D eigenvalue weighted by molar-refractivity contribution is -0.143. The van der Waals surface area contributed by atoms with Crippen molar-refractivity contribution in [2.75, 3.05) is 24.3 Å². The van der Waals surface area contributed by atoms with Crippen molar-refractivity contribution in [3.8, 4) is 16.9 Å². The minimum atomic E-state index is -0.264. The second-order valence-corrected chi connectivity index (χ2v) is 8.14. The van der Waals surface area contributed by atoms with Crippen molar-refractivity contribution < 1.29 is 14.3 Å². The van der Waals surface area contributed by atoms with Crippen molar-refractivity contribution in [1.82, 2.24) is 9.97 Å². The molecule has 1 heterocycles. The number of nitrogens with zero attached hydrogens (tertiary/aromatic N) is 2. The molecule has 0 unspecified atom stereocenters. The number of nitrogen functional groups attached to an aromatic ring is 1. The van der Waals surface area contributed by atoms with Crippen molar-refractivity contribution in [1.29, 1.82) is 0 Å². The van der Waals surface area contributed by atoms with Gasteiger partial charge in [-0.3, -0.25) is 4.79 Å². The van der Waals surface area contributed by atoms with Crippen molar-refractivity contribution in [3.05, 3.63) is 71.2 Å². The lowest BCUT2D eigenvalue weighted by Gasteiger charge is -2.12. The SMILES string of the molecule is CCOC(=O)CCOc1ccc(-c2ccc3nc(N)nc(Nc4cccc(Br)c4)c3c2)cc1. The minimum absolute atomic E-state index is 0.206. The Kier molecular flexibility index (Phi) is 7.04. The normalized spacial score (nSPS) is 10.7. The van der Waals surface area contributed by atoms with Gasteiger partial charge in [0, 0.05) is 15.5 Å². The van der Waals surface area contributed by atoms with Crippen LogP contribution in [-0.4, -0.2) is 29.2 Å². The number of carbonyl (C=O) groups is 1.